The summed E-state index contributed by atoms with van der Waals surface area (Å²) in [5.41, 5.74) is 2.80. The molecule has 3 aromatic rings. The second-order valence-corrected chi connectivity index (χ2v) is 6.48. The number of fused-ring (bicyclic) bond motifs is 1. The Labute approximate surface area is 154 Å². The highest BCUT2D eigenvalue weighted by atomic mass is 32.2. The van der Waals surface area contributed by atoms with E-state index in [1.165, 1.54) is 11.9 Å². The highest BCUT2D eigenvalue weighted by molar-refractivity contribution is 7.98. The van der Waals surface area contributed by atoms with Crippen molar-refractivity contribution in [2.75, 3.05) is 6.54 Å². The summed E-state index contributed by atoms with van der Waals surface area (Å²) in [6.07, 6.45) is 3.84. The highest BCUT2D eigenvalue weighted by Gasteiger charge is 2.18. The summed E-state index contributed by atoms with van der Waals surface area (Å²) in [7, 11) is 0. The summed E-state index contributed by atoms with van der Waals surface area (Å²) < 4.78 is 8.37. The third-order valence-electron chi connectivity index (χ3n) is 3.93. The van der Waals surface area contributed by atoms with Gasteiger partial charge in [0.2, 0.25) is 11.7 Å². The molecule has 2 N–H and O–H groups in total. The molecule has 0 unspecified atom stereocenters. The van der Waals surface area contributed by atoms with E-state index in [1.54, 1.807) is 12.5 Å². The minimum atomic E-state index is -0.222. The Morgan fingerprint density at radius 1 is 1.15 bits per heavy atom. The third-order valence-corrected chi connectivity index (χ3v) is 4.79. The number of aliphatic imine (C=N–C) groups is 1. The van der Waals surface area contributed by atoms with E-state index in [1.807, 2.05) is 48.5 Å². The SMILES string of the molecule is O=C(NCCc1ccccc1-c1ncco1)C1=Nc2ccccc2SN1. The number of amidine groups is 1. The van der Waals surface area contributed by atoms with Crippen LogP contribution in [0.25, 0.3) is 11.5 Å². The predicted octanol–water partition coefficient (Wildman–Crippen LogP) is 3.34. The van der Waals surface area contributed by atoms with Gasteiger partial charge in [-0.2, -0.15) is 0 Å². The molecule has 4 rings (SSSR count). The second-order valence-electron chi connectivity index (χ2n) is 5.63. The van der Waals surface area contributed by atoms with Gasteiger partial charge in [0.05, 0.1) is 16.8 Å². The summed E-state index contributed by atoms with van der Waals surface area (Å²) in [6.45, 7) is 0.490. The van der Waals surface area contributed by atoms with E-state index in [2.05, 4.69) is 20.0 Å². The first-order valence-corrected chi connectivity index (χ1v) is 8.99. The van der Waals surface area contributed by atoms with Crippen LogP contribution in [-0.4, -0.2) is 23.3 Å². The predicted molar refractivity (Wildman–Crippen MR) is 101 cm³/mol. The second kappa shape index (κ2) is 7.45. The number of carbonyl (C=O) groups excluding carboxylic acids is 1. The van der Waals surface area contributed by atoms with Crippen molar-refractivity contribution >= 4 is 29.4 Å². The lowest BCUT2D eigenvalue weighted by Gasteiger charge is -2.16. The number of nitrogens with zero attached hydrogens (tertiary/aromatic N) is 2. The molecule has 0 bridgehead atoms. The standard InChI is InChI=1S/C19H16N4O2S/c24-18(17-22-15-7-3-4-8-16(15)26-23-17)20-10-9-13-5-1-2-6-14(13)19-21-11-12-25-19/h1-8,11-12H,9-10H2,(H,20,24)(H,22,23). The van der Waals surface area contributed by atoms with Crippen molar-refractivity contribution < 1.29 is 9.21 Å². The first-order chi connectivity index (χ1) is 12.8. The molecule has 0 fully saturated rings. The minimum absolute atomic E-state index is 0.222. The summed E-state index contributed by atoms with van der Waals surface area (Å²) in [4.78, 5) is 21.9. The fraction of sp³-hybridized carbons (Fsp3) is 0.105. The molecule has 0 spiro atoms. The van der Waals surface area contributed by atoms with E-state index in [9.17, 15) is 4.79 Å². The fourth-order valence-electron chi connectivity index (χ4n) is 2.68. The molecular weight excluding hydrogens is 348 g/mol. The quantitative estimate of drug-likeness (QED) is 0.679. The Morgan fingerprint density at radius 3 is 2.88 bits per heavy atom. The van der Waals surface area contributed by atoms with E-state index in [-0.39, 0.29) is 5.91 Å². The molecule has 1 amide bonds. The van der Waals surface area contributed by atoms with Gasteiger partial charge in [-0.15, -0.1) is 0 Å². The largest absolute Gasteiger partial charge is 0.445 e. The van der Waals surface area contributed by atoms with Gasteiger partial charge in [-0.1, -0.05) is 30.3 Å². The van der Waals surface area contributed by atoms with Crippen LogP contribution < -0.4 is 10.0 Å². The highest BCUT2D eigenvalue weighted by Crippen LogP contribution is 2.30. The smallest absolute Gasteiger partial charge is 0.287 e. The van der Waals surface area contributed by atoms with Crippen molar-refractivity contribution in [3.05, 3.63) is 66.6 Å². The molecule has 26 heavy (non-hydrogen) atoms. The van der Waals surface area contributed by atoms with Crippen LogP contribution in [0.1, 0.15) is 5.56 Å². The molecule has 0 atom stereocenters. The molecule has 0 aliphatic carbocycles. The van der Waals surface area contributed by atoms with Gasteiger partial charge in [0.15, 0.2) is 0 Å². The number of oxazole rings is 1. The number of hydrogen-bond acceptors (Lipinski definition) is 6. The van der Waals surface area contributed by atoms with Crippen LogP contribution in [0.5, 0.6) is 0 Å². The Morgan fingerprint density at radius 2 is 2.00 bits per heavy atom. The van der Waals surface area contributed by atoms with E-state index < -0.39 is 0 Å². The molecule has 0 radical (unpaired) electrons. The lowest BCUT2D eigenvalue weighted by molar-refractivity contribution is -0.114. The molecule has 2 heterocycles. The first-order valence-electron chi connectivity index (χ1n) is 8.18. The summed E-state index contributed by atoms with van der Waals surface area (Å²) in [5.74, 6) is 0.675. The van der Waals surface area contributed by atoms with Crippen molar-refractivity contribution in [2.24, 2.45) is 4.99 Å². The lowest BCUT2D eigenvalue weighted by atomic mass is 10.0. The van der Waals surface area contributed by atoms with Crippen molar-refractivity contribution in [1.29, 1.82) is 0 Å². The number of hydrogen-bond donors (Lipinski definition) is 2. The maximum Gasteiger partial charge on any atom is 0.287 e. The van der Waals surface area contributed by atoms with Gasteiger partial charge >= 0.3 is 0 Å². The number of rotatable bonds is 5. The van der Waals surface area contributed by atoms with Crippen LogP contribution in [0, 0.1) is 0 Å². The van der Waals surface area contributed by atoms with Crippen LogP contribution in [0.4, 0.5) is 5.69 Å². The molecule has 1 aliphatic heterocycles. The number of benzene rings is 2. The molecule has 2 aromatic carbocycles. The van der Waals surface area contributed by atoms with Crippen LogP contribution in [-0.2, 0) is 11.2 Å². The minimum Gasteiger partial charge on any atom is -0.445 e. The van der Waals surface area contributed by atoms with Crippen molar-refractivity contribution in [3.63, 3.8) is 0 Å². The molecule has 7 heteroatoms. The normalized spacial score (nSPS) is 12.7. The van der Waals surface area contributed by atoms with Crippen LogP contribution in [0.3, 0.4) is 0 Å². The monoisotopic (exact) mass is 364 g/mol. The van der Waals surface area contributed by atoms with E-state index >= 15 is 0 Å². The number of aromatic nitrogens is 1. The first kappa shape index (κ1) is 16.4. The van der Waals surface area contributed by atoms with Crippen LogP contribution >= 0.6 is 11.9 Å². The van der Waals surface area contributed by atoms with E-state index in [0.717, 1.165) is 21.7 Å². The van der Waals surface area contributed by atoms with Gasteiger partial charge in [-0.25, -0.2) is 9.98 Å². The van der Waals surface area contributed by atoms with Gasteiger partial charge in [0.1, 0.15) is 6.26 Å². The third kappa shape index (κ3) is 3.48. The molecule has 6 nitrogen and oxygen atoms in total. The van der Waals surface area contributed by atoms with Gasteiger partial charge in [0.25, 0.3) is 5.91 Å². The number of nitrogens with one attached hydrogen (secondary N) is 2. The van der Waals surface area contributed by atoms with Gasteiger partial charge in [0, 0.05) is 12.1 Å². The lowest BCUT2D eigenvalue weighted by Crippen LogP contribution is -2.39. The van der Waals surface area contributed by atoms with Crippen LogP contribution in [0.2, 0.25) is 0 Å². The Kier molecular flexibility index (Phi) is 4.70. The molecule has 130 valence electrons. The van der Waals surface area contributed by atoms with Crippen LogP contribution in [0.15, 0.2) is 75.3 Å². The van der Waals surface area contributed by atoms with Crippen molar-refractivity contribution in [1.82, 2.24) is 15.0 Å². The molecule has 0 saturated heterocycles. The Balaban J connectivity index is 1.40. The average molecular weight is 364 g/mol. The zero-order chi connectivity index (χ0) is 17.8. The van der Waals surface area contributed by atoms with Gasteiger partial charge in [-0.05, 0) is 42.1 Å². The van der Waals surface area contributed by atoms with E-state index in [0.29, 0.717) is 24.7 Å². The number of carbonyl (C=O) groups is 1. The average Bonchev–Trinajstić information content (AvgIpc) is 3.22. The summed E-state index contributed by atoms with van der Waals surface area (Å²) >= 11 is 1.39. The van der Waals surface area contributed by atoms with Gasteiger partial charge in [-0.3, -0.25) is 4.79 Å². The molecule has 0 saturated carbocycles. The fourth-order valence-corrected chi connectivity index (χ4v) is 3.39. The van der Waals surface area contributed by atoms with Crippen molar-refractivity contribution in [3.8, 4) is 11.5 Å². The van der Waals surface area contributed by atoms with Gasteiger partial charge < -0.3 is 14.5 Å². The number of para-hydroxylation sites is 1. The topological polar surface area (TPSA) is 79.5 Å². The maximum absolute atomic E-state index is 12.4. The molecular formula is C19H16N4O2S. The molecule has 1 aliphatic rings. The number of amides is 1. The zero-order valence-corrected chi connectivity index (χ0v) is 14.6. The molecule has 1 aromatic heterocycles. The van der Waals surface area contributed by atoms with E-state index in [4.69, 9.17) is 4.42 Å². The Bertz CT molecular complexity index is 954. The maximum atomic E-state index is 12.4. The zero-order valence-electron chi connectivity index (χ0n) is 13.8. The van der Waals surface area contributed by atoms with Crippen molar-refractivity contribution in [2.45, 2.75) is 11.3 Å². The summed E-state index contributed by atoms with van der Waals surface area (Å²) in [6, 6.07) is 15.6. The Hall–Kier alpha value is -3.06. The summed E-state index contributed by atoms with van der Waals surface area (Å²) in [5, 5.41) is 2.91.